The number of quaternary nitrogens is 1. The maximum Gasteiger partial charge on any atom is 0.132 e. The van der Waals surface area contributed by atoms with Gasteiger partial charge in [-0.15, -0.1) is 0 Å². The van der Waals surface area contributed by atoms with Crippen molar-refractivity contribution in [3.63, 3.8) is 0 Å². The van der Waals surface area contributed by atoms with Gasteiger partial charge in [0, 0.05) is 12.0 Å². The van der Waals surface area contributed by atoms with Gasteiger partial charge in [0.05, 0.1) is 0 Å². The summed E-state index contributed by atoms with van der Waals surface area (Å²) in [7, 11) is 0. The minimum Gasteiger partial charge on any atom is -0.382 e. The zero-order chi connectivity index (χ0) is 16.6. The van der Waals surface area contributed by atoms with Gasteiger partial charge in [0.1, 0.15) is 12.1 Å². The summed E-state index contributed by atoms with van der Waals surface area (Å²) in [5.41, 5.74) is 36.5. The van der Waals surface area contributed by atoms with E-state index in [1.807, 2.05) is 13.8 Å². The summed E-state index contributed by atoms with van der Waals surface area (Å²) in [5.74, 6) is 0.285. The van der Waals surface area contributed by atoms with Gasteiger partial charge in [0.2, 0.25) is 0 Å². The van der Waals surface area contributed by atoms with Crippen molar-refractivity contribution in [1.29, 1.82) is 0 Å². The molecule has 0 aromatic carbocycles. The van der Waals surface area contributed by atoms with Gasteiger partial charge in [0.25, 0.3) is 0 Å². The molecule has 4 N–H and O–H groups in total. The molecule has 2 nitrogen and oxygen atoms in total. The lowest BCUT2D eigenvalue weighted by Crippen LogP contribution is -2.68. The Morgan fingerprint density at radius 3 is 1.64 bits per heavy atom. The fourth-order valence-corrected chi connectivity index (χ4v) is 1.01. The third kappa shape index (κ3) is 10.7. The predicted molar refractivity (Wildman–Crippen MR) is 83.4 cm³/mol. The zero-order valence-electron chi connectivity index (χ0n) is 12.7. The van der Waals surface area contributed by atoms with Gasteiger partial charge in [-0.1, -0.05) is 25.3 Å². The molecular weight excluding hydrogens is 270 g/mol. The molecule has 0 aromatic heterocycles. The maximum atomic E-state index is 9.72. The summed E-state index contributed by atoms with van der Waals surface area (Å²) in [6, 6.07) is -0.0903. The van der Waals surface area contributed by atoms with Gasteiger partial charge >= 0.3 is 0 Å². The lowest BCUT2D eigenvalue weighted by atomic mass is 10.00. The van der Waals surface area contributed by atoms with Gasteiger partial charge in [-0.2, -0.15) is 0 Å². The van der Waals surface area contributed by atoms with Gasteiger partial charge in [-0.25, -0.2) is 0 Å². The standard InChI is InChI=1S/C20H15NO/c1-4-5-6-7-8-9-10-11-12-13-14-15-16-17-19(22)20(21)18(2)3/h17-20,22H,1,21H2,2-3H3/p+1/t19-,20-/m0/s1. The molecule has 22 heavy (non-hydrogen) atoms. The Morgan fingerprint density at radius 2 is 1.23 bits per heavy atom. The monoisotopic (exact) mass is 286 g/mol. The van der Waals surface area contributed by atoms with Gasteiger partial charge in [-0.3, -0.25) is 0 Å². The second-order valence-electron chi connectivity index (χ2n) is 4.26. The molecule has 0 aromatic rings. The van der Waals surface area contributed by atoms with Crippen LogP contribution in [0.2, 0.25) is 0 Å². The summed E-state index contributed by atoms with van der Waals surface area (Å²) in [4.78, 5) is 0. The molecule has 0 unspecified atom stereocenters. The van der Waals surface area contributed by atoms with Crippen LogP contribution < -0.4 is 5.73 Å². The molecule has 0 saturated carbocycles. The van der Waals surface area contributed by atoms with Crippen molar-refractivity contribution in [2.75, 3.05) is 0 Å². The van der Waals surface area contributed by atoms with E-state index in [9.17, 15) is 5.11 Å². The predicted octanol–water partition coefficient (Wildman–Crippen LogP) is 1.82. The first-order chi connectivity index (χ1) is 10.6. The Bertz CT molecular complexity index is 869. The highest BCUT2D eigenvalue weighted by molar-refractivity contribution is 4.95. The normalized spacial score (nSPS) is 9.50. The molecule has 0 radical (unpaired) electrons. The van der Waals surface area contributed by atoms with E-state index in [4.69, 9.17) is 0 Å². The summed E-state index contributed by atoms with van der Waals surface area (Å²) >= 11 is 0. The largest absolute Gasteiger partial charge is 0.382 e. The Hall–Kier alpha value is -3.20. The van der Waals surface area contributed by atoms with Gasteiger partial charge < -0.3 is 10.8 Å². The number of rotatable bonds is 3. The van der Waals surface area contributed by atoms with E-state index in [1.54, 1.807) is 0 Å². The van der Waals surface area contributed by atoms with Crippen LogP contribution in [0, 0.1) is 5.92 Å². The minimum absolute atomic E-state index is 0.0903. The molecule has 0 aliphatic rings. The SMILES string of the molecule is C=C=C=C=C=C=C=C=C=C=C=C=C=C=C[C@H](O)[C@@H]([NH3+])C(C)C. The smallest absolute Gasteiger partial charge is 0.132 e. The fraction of sp³-hybridized carbons (Fsp3) is 0.250. The summed E-state index contributed by atoms with van der Waals surface area (Å²) in [5, 5.41) is 9.72. The van der Waals surface area contributed by atoms with Crippen LogP contribution in [0.3, 0.4) is 0 Å². The number of hydrogen-bond donors (Lipinski definition) is 2. The number of hydrogen-bond acceptors (Lipinski definition) is 1. The molecule has 2 atom stereocenters. The van der Waals surface area contributed by atoms with Crippen LogP contribution in [0.4, 0.5) is 0 Å². The lowest BCUT2D eigenvalue weighted by Gasteiger charge is -2.14. The topological polar surface area (TPSA) is 47.9 Å². The molecule has 0 bridgehead atoms. The van der Waals surface area contributed by atoms with Crippen LogP contribution in [0.5, 0.6) is 0 Å². The van der Waals surface area contributed by atoms with Gasteiger partial charge in [-0.05, 0) is 69.6 Å². The first kappa shape index (κ1) is 18.8. The van der Waals surface area contributed by atoms with Crippen LogP contribution >= 0.6 is 0 Å². The van der Waals surface area contributed by atoms with Gasteiger partial charge in [0.15, 0.2) is 0 Å². The third-order valence-electron chi connectivity index (χ3n) is 2.33. The molecule has 0 spiro atoms. The molecule has 0 amide bonds. The molecular formula is C20H16NO+. The molecule has 0 aliphatic carbocycles. The molecule has 0 fully saturated rings. The fourth-order valence-electron chi connectivity index (χ4n) is 1.01. The van der Waals surface area contributed by atoms with Crippen molar-refractivity contribution in [2.45, 2.75) is 26.0 Å². The zero-order valence-corrected chi connectivity index (χ0v) is 12.7. The third-order valence-corrected chi connectivity index (χ3v) is 2.33. The van der Waals surface area contributed by atoms with Crippen LogP contribution in [0.1, 0.15) is 13.8 Å². The summed E-state index contributed by atoms with van der Waals surface area (Å²) in [6.45, 7) is 7.29. The molecule has 0 rings (SSSR count). The average molecular weight is 286 g/mol. The molecule has 2 heteroatoms. The maximum absolute atomic E-state index is 9.72. The number of aliphatic hydroxyl groups is 1. The van der Waals surface area contributed by atoms with Crippen LogP contribution in [-0.2, 0) is 0 Å². The van der Waals surface area contributed by atoms with Crippen LogP contribution in [-0.4, -0.2) is 17.3 Å². The Balaban J connectivity index is 5.35. The Morgan fingerprint density at radius 1 is 0.818 bits per heavy atom. The average Bonchev–Trinajstić information content (AvgIpc) is 2.50. The minimum atomic E-state index is -0.661. The van der Waals surface area contributed by atoms with E-state index in [2.05, 4.69) is 86.8 Å². The Labute approximate surface area is 130 Å². The first-order valence-corrected chi connectivity index (χ1v) is 6.46. The van der Waals surface area contributed by atoms with E-state index in [0.717, 1.165) is 0 Å². The van der Waals surface area contributed by atoms with Crippen molar-refractivity contribution in [3.05, 3.63) is 87.2 Å². The van der Waals surface area contributed by atoms with Crippen LogP contribution in [0.25, 0.3) is 0 Å². The van der Waals surface area contributed by atoms with Crippen molar-refractivity contribution in [1.82, 2.24) is 0 Å². The van der Waals surface area contributed by atoms with Crippen molar-refractivity contribution in [3.8, 4) is 0 Å². The van der Waals surface area contributed by atoms with E-state index < -0.39 is 6.10 Å². The highest BCUT2D eigenvalue weighted by Gasteiger charge is 2.18. The van der Waals surface area contributed by atoms with E-state index in [1.165, 1.54) is 6.08 Å². The second-order valence-corrected chi connectivity index (χ2v) is 4.26. The van der Waals surface area contributed by atoms with E-state index in [-0.39, 0.29) is 12.0 Å². The molecule has 0 saturated heterocycles. The summed E-state index contributed by atoms with van der Waals surface area (Å²) < 4.78 is 0. The summed E-state index contributed by atoms with van der Waals surface area (Å²) in [6.07, 6.45) is 0.822. The van der Waals surface area contributed by atoms with Crippen LogP contribution in [0.15, 0.2) is 87.2 Å². The molecule has 0 aliphatic heterocycles. The van der Waals surface area contributed by atoms with Crippen molar-refractivity contribution in [2.24, 2.45) is 5.92 Å². The second kappa shape index (κ2) is 12.8. The van der Waals surface area contributed by atoms with E-state index in [0.29, 0.717) is 0 Å². The molecule has 106 valence electrons. The van der Waals surface area contributed by atoms with Crippen molar-refractivity contribution < 1.29 is 10.8 Å². The Kier molecular flexibility index (Phi) is 11.0. The lowest BCUT2D eigenvalue weighted by molar-refractivity contribution is -0.444. The van der Waals surface area contributed by atoms with E-state index >= 15 is 0 Å². The quantitative estimate of drug-likeness (QED) is 0.764. The molecule has 0 heterocycles. The highest BCUT2D eigenvalue weighted by Crippen LogP contribution is 2.01. The number of aliphatic hydroxyl groups excluding tert-OH is 1. The van der Waals surface area contributed by atoms with Crippen molar-refractivity contribution >= 4 is 0 Å². The highest BCUT2D eigenvalue weighted by atomic mass is 16.3. The first-order valence-electron chi connectivity index (χ1n) is 6.46.